The molecule has 1 saturated carbocycles. The van der Waals surface area contributed by atoms with E-state index in [-0.39, 0.29) is 0 Å². The minimum Gasteiger partial charge on any atom is -0.495 e. The Morgan fingerprint density at radius 1 is 1.14 bits per heavy atom. The summed E-state index contributed by atoms with van der Waals surface area (Å²) in [5.74, 6) is 1.99. The van der Waals surface area contributed by atoms with E-state index in [0.717, 1.165) is 11.4 Å². The molecule has 2 aromatic rings. The first kappa shape index (κ1) is 14.6. The molecule has 0 atom stereocenters. The quantitative estimate of drug-likeness (QED) is 0.882. The molecular formula is C16H21N5O. The van der Waals surface area contributed by atoms with Crippen LogP contribution in [0.4, 0.5) is 17.5 Å². The molecule has 1 heterocycles. The van der Waals surface area contributed by atoms with Crippen LogP contribution in [0.25, 0.3) is 0 Å². The van der Waals surface area contributed by atoms with E-state index < -0.39 is 0 Å². The van der Waals surface area contributed by atoms with Crippen LogP contribution in [0.1, 0.15) is 32.1 Å². The third-order valence-corrected chi connectivity index (χ3v) is 3.87. The minimum atomic E-state index is 0.456. The van der Waals surface area contributed by atoms with Gasteiger partial charge >= 0.3 is 0 Å². The molecule has 0 unspecified atom stereocenters. The number of aromatic nitrogens is 3. The molecule has 0 bridgehead atoms. The zero-order valence-electron chi connectivity index (χ0n) is 12.7. The van der Waals surface area contributed by atoms with Gasteiger partial charge in [0.25, 0.3) is 0 Å². The van der Waals surface area contributed by atoms with E-state index in [1.165, 1.54) is 32.1 Å². The van der Waals surface area contributed by atoms with Gasteiger partial charge in [-0.1, -0.05) is 31.4 Å². The molecule has 0 aliphatic heterocycles. The molecule has 1 fully saturated rings. The number of hydrogen-bond acceptors (Lipinski definition) is 6. The summed E-state index contributed by atoms with van der Waals surface area (Å²) in [6.07, 6.45) is 7.82. The highest BCUT2D eigenvalue weighted by Crippen LogP contribution is 2.26. The van der Waals surface area contributed by atoms with Crippen LogP contribution < -0.4 is 15.4 Å². The molecule has 3 rings (SSSR count). The van der Waals surface area contributed by atoms with E-state index in [4.69, 9.17) is 4.74 Å². The molecule has 1 aliphatic rings. The van der Waals surface area contributed by atoms with Crippen LogP contribution in [0.15, 0.2) is 30.5 Å². The van der Waals surface area contributed by atoms with Crippen LogP contribution in [-0.2, 0) is 0 Å². The van der Waals surface area contributed by atoms with Gasteiger partial charge in [-0.05, 0) is 25.0 Å². The van der Waals surface area contributed by atoms with Crippen LogP contribution in [-0.4, -0.2) is 28.3 Å². The Morgan fingerprint density at radius 3 is 2.77 bits per heavy atom. The van der Waals surface area contributed by atoms with Crippen molar-refractivity contribution in [2.24, 2.45) is 0 Å². The van der Waals surface area contributed by atoms with E-state index in [1.807, 2.05) is 24.3 Å². The summed E-state index contributed by atoms with van der Waals surface area (Å²) in [6.45, 7) is 0. The Hall–Kier alpha value is -2.37. The second-order valence-corrected chi connectivity index (χ2v) is 5.47. The summed E-state index contributed by atoms with van der Waals surface area (Å²) in [7, 11) is 1.65. The normalized spacial score (nSPS) is 15.3. The first-order chi connectivity index (χ1) is 10.8. The van der Waals surface area contributed by atoms with Gasteiger partial charge in [-0.15, -0.1) is 5.10 Å². The van der Waals surface area contributed by atoms with Gasteiger partial charge in [0.2, 0.25) is 5.95 Å². The number of nitrogens with one attached hydrogen (secondary N) is 2. The fourth-order valence-electron chi connectivity index (χ4n) is 2.74. The third-order valence-electron chi connectivity index (χ3n) is 3.87. The zero-order valence-corrected chi connectivity index (χ0v) is 12.7. The van der Waals surface area contributed by atoms with Crippen molar-refractivity contribution in [3.8, 4) is 5.75 Å². The predicted molar refractivity (Wildman–Crippen MR) is 86.6 cm³/mol. The molecule has 0 amide bonds. The maximum atomic E-state index is 5.33. The summed E-state index contributed by atoms with van der Waals surface area (Å²) in [5.41, 5.74) is 0.856. The summed E-state index contributed by atoms with van der Waals surface area (Å²) in [5, 5.41) is 14.7. The van der Waals surface area contributed by atoms with Crippen molar-refractivity contribution < 1.29 is 4.74 Å². The lowest BCUT2D eigenvalue weighted by atomic mass is 9.96. The van der Waals surface area contributed by atoms with Crippen LogP contribution in [0.5, 0.6) is 5.75 Å². The number of ether oxygens (including phenoxy) is 1. The average molecular weight is 299 g/mol. The topological polar surface area (TPSA) is 72.0 Å². The number of hydrogen-bond donors (Lipinski definition) is 2. The third kappa shape index (κ3) is 3.63. The summed E-state index contributed by atoms with van der Waals surface area (Å²) in [4.78, 5) is 4.49. The number of anilines is 3. The molecule has 6 heteroatoms. The van der Waals surface area contributed by atoms with Crippen molar-refractivity contribution >= 4 is 17.5 Å². The highest BCUT2D eigenvalue weighted by Gasteiger charge is 2.14. The van der Waals surface area contributed by atoms with E-state index in [0.29, 0.717) is 17.8 Å². The molecule has 22 heavy (non-hydrogen) atoms. The highest BCUT2D eigenvalue weighted by atomic mass is 16.5. The molecular weight excluding hydrogens is 278 g/mol. The lowest BCUT2D eigenvalue weighted by Crippen LogP contribution is -2.23. The van der Waals surface area contributed by atoms with Crippen molar-refractivity contribution in [2.75, 3.05) is 17.7 Å². The van der Waals surface area contributed by atoms with Gasteiger partial charge in [0.05, 0.1) is 19.0 Å². The van der Waals surface area contributed by atoms with Gasteiger partial charge in [-0.3, -0.25) is 0 Å². The van der Waals surface area contributed by atoms with E-state index in [2.05, 4.69) is 25.8 Å². The first-order valence-electron chi connectivity index (χ1n) is 7.71. The lowest BCUT2D eigenvalue weighted by Gasteiger charge is -2.22. The fourth-order valence-corrected chi connectivity index (χ4v) is 2.74. The van der Waals surface area contributed by atoms with Crippen molar-refractivity contribution in [2.45, 2.75) is 38.1 Å². The van der Waals surface area contributed by atoms with Crippen molar-refractivity contribution in [1.29, 1.82) is 0 Å². The van der Waals surface area contributed by atoms with Gasteiger partial charge in [-0.25, -0.2) is 0 Å². The van der Waals surface area contributed by atoms with E-state index in [9.17, 15) is 0 Å². The maximum Gasteiger partial charge on any atom is 0.244 e. The summed E-state index contributed by atoms with van der Waals surface area (Å²) in [6, 6.07) is 8.17. The molecule has 2 N–H and O–H groups in total. The van der Waals surface area contributed by atoms with Gasteiger partial charge < -0.3 is 15.4 Å². The number of rotatable bonds is 5. The largest absolute Gasteiger partial charge is 0.495 e. The van der Waals surface area contributed by atoms with Crippen molar-refractivity contribution in [1.82, 2.24) is 15.2 Å². The monoisotopic (exact) mass is 299 g/mol. The number of nitrogens with zero attached hydrogens (tertiary/aromatic N) is 3. The van der Waals surface area contributed by atoms with E-state index >= 15 is 0 Å². The Kier molecular flexibility index (Phi) is 4.68. The lowest BCUT2D eigenvalue weighted by molar-refractivity contribution is 0.417. The Bertz CT molecular complexity index is 613. The van der Waals surface area contributed by atoms with Crippen LogP contribution in [0, 0.1) is 0 Å². The number of benzene rings is 1. The van der Waals surface area contributed by atoms with Gasteiger partial charge in [0, 0.05) is 6.04 Å². The number of methoxy groups -OCH3 is 1. The summed E-state index contributed by atoms with van der Waals surface area (Å²) >= 11 is 0. The van der Waals surface area contributed by atoms with Crippen LogP contribution >= 0.6 is 0 Å². The second-order valence-electron chi connectivity index (χ2n) is 5.47. The standard InChI is InChI=1S/C16H21N5O/c1-22-14-10-6-5-9-13(14)19-15-11-17-21-16(20-15)18-12-7-3-2-4-8-12/h5-6,9-12H,2-4,7-8H2,1H3,(H2,18,19,20,21). The predicted octanol–water partition coefficient (Wildman–Crippen LogP) is 3.37. The number of para-hydroxylation sites is 2. The molecule has 1 aromatic carbocycles. The molecule has 1 aliphatic carbocycles. The molecule has 1 aromatic heterocycles. The Balaban J connectivity index is 1.70. The van der Waals surface area contributed by atoms with Crippen molar-refractivity contribution in [3.05, 3.63) is 30.5 Å². The highest BCUT2D eigenvalue weighted by molar-refractivity contribution is 5.63. The smallest absolute Gasteiger partial charge is 0.244 e. The van der Waals surface area contributed by atoms with Gasteiger partial charge in [0.1, 0.15) is 5.75 Å². The molecule has 0 radical (unpaired) electrons. The molecule has 116 valence electrons. The average Bonchev–Trinajstić information content (AvgIpc) is 2.57. The van der Waals surface area contributed by atoms with Crippen LogP contribution in [0.3, 0.4) is 0 Å². The second kappa shape index (κ2) is 7.06. The van der Waals surface area contributed by atoms with Crippen molar-refractivity contribution in [3.63, 3.8) is 0 Å². The maximum absolute atomic E-state index is 5.33. The van der Waals surface area contributed by atoms with Gasteiger partial charge in [-0.2, -0.15) is 10.1 Å². The molecule has 6 nitrogen and oxygen atoms in total. The van der Waals surface area contributed by atoms with Crippen LogP contribution in [0.2, 0.25) is 0 Å². The zero-order chi connectivity index (χ0) is 15.2. The summed E-state index contributed by atoms with van der Waals surface area (Å²) < 4.78 is 5.33. The Morgan fingerprint density at radius 2 is 1.95 bits per heavy atom. The SMILES string of the molecule is COc1ccccc1Nc1cnnc(NC2CCCCC2)n1. The molecule has 0 spiro atoms. The van der Waals surface area contributed by atoms with E-state index in [1.54, 1.807) is 13.3 Å². The first-order valence-corrected chi connectivity index (χ1v) is 7.71. The Labute approximate surface area is 130 Å². The molecule has 0 saturated heterocycles. The van der Waals surface area contributed by atoms with Gasteiger partial charge in [0.15, 0.2) is 5.82 Å². The fraction of sp³-hybridized carbons (Fsp3) is 0.438. The minimum absolute atomic E-state index is 0.456.